The minimum absolute atomic E-state index is 0.137. The van der Waals surface area contributed by atoms with Crippen molar-refractivity contribution in [2.75, 3.05) is 0 Å². The Bertz CT molecular complexity index is 1230. The number of aromatic nitrogens is 2. The van der Waals surface area contributed by atoms with E-state index in [1.54, 1.807) is 6.92 Å². The second kappa shape index (κ2) is 5.50. The Morgan fingerprint density at radius 1 is 1.31 bits per heavy atom. The number of aliphatic carboxylic acids is 1. The van der Waals surface area contributed by atoms with Gasteiger partial charge < -0.3 is 9.67 Å². The van der Waals surface area contributed by atoms with Gasteiger partial charge in [-0.3, -0.25) is 9.78 Å². The lowest BCUT2D eigenvalue weighted by molar-refractivity contribution is -0.137. The van der Waals surface area contributed by atoms with E-state index >= 15 is 0 Å². The average Bonchev–Trinajstić information content (AvgIpc) is 2.99. The van der Waals surface area contributed by atoms with Crippen molar-refractivity contribution in [1.82, 2.24) is 9.55 Å². The summed E-state index contributed by atoms with van der Waals surface area (Å²) in [5.74, 6) is -1.53. The van der Waals surface area contributed by atoms with Gasteiger partial charge in [0.05, 0.1) is 4.90 Å². The Morgan fingerprint density at radius 3 is 2.81 bits per heavy atom. The quantitative estimate of drug-likeness (QED) is 0.764. The normalized spacial score (nSPS) is 15.1. The SMILES string of the molecule is Cc1c(C2=CS(=O)(=O)c3ccncc32)c2cc(F)ccc2n1CC(=O)O. The first-order chi connectivity index (χ1) is 12.3. The molecule has 0 fully saturated rings. The zero-order valence-electron chi connectivity index (χ0n) is 13.6. The highest BCUT2D eigenvalue weighted by molar-refractivity contribution is 7.95. The Balaban J connectivity index is 2.09. The molecule has 8 heteroatoms. The zero-order chi connectivity index (χ0) is 18.6. The summed E-state index contributed by atoms with van der Waals surface area (Å²) >= 11 is 0. The fourth-order valence-electron chi connectivity index (χ4n) is 3.44. The molecule has 0 saturated carbocycles. The van der Waals surface area contributed by atoms with E-state index in [9.17, 15) is 22.7 Å². The summed E-state index contributed by atoms with van der Waals surface area (Å²) < 4.78 is 40.3. The van der Waals surface area contributed by atoms with E-state index in [2.05, 4.69) is 4.98 Å². The lowest BCUT2D eigenvalue weighted by atomic mass is 9.98. The molecule has 1 aliphatic heterocycles. The number of halogens is 1. The molecule has 1 N–H and O–H groups in total. The maximum atomic E-state index is 13.9. The molecule has 3 heterocycles. The van der Waals surface area contributed by atoms with E-state index in [-0.39, 0.29) is 11.4 Å². The lowest BCUT2D eigenvalue weighted by Gasteiger charge is -2.07. The Hall–Kier alpha value is -3.00. The number of benzene rings is 1. The molecule has 26 heavy (non-hydrogen) atoms. The van der Waals surface area contributed by atoms with Crippen molar-refractivity contribution in [1.29, 1.82) is 0 Å². The maximum Gasteiger partial charge on any atom is 0.323 e. The van der Waals surface area contributed by atoms with Gasteiger partial charge in [-0.2, -0.15) is 0 Å². The van der Waals surface area contributed by atoms with E-state index in [0.29, 0.717) is 33.3 Å². The van der Waals surface area contributed by atoms with Gasteiger partial charge in [-0.15, -0.1) is 0 Å². The van der Waals surface area contributed by atoms with Crippen LogP contribution in [0.1, 0.15) is 16.8 Å². The maximum absolute atomic E-state index is 13.9. The van der Waals surface area contributed by atoms with Gasteiger partial charge in [0.25, 0.3) is 0 Å². The minimum Gasteiger partial charge on any atom is -0.480 e. The van der Waals surface area contributed by atoms with Gasteiger partial charge in [-0.25, -0.2) is 12.8 Å². The van der Waals surface area contributed by atoms with Gasteiger partial charge >= 0.3 is 5.97 Å². The van der Waals surface area contributed by atoms with Crippen LogP contribution in [0.4, 0.5) is 4.39 Å². The lowest BCUT2D eigenvalue weighted by Crippen LogP contribution is -2.10. The first kappa shape index (κ1) is 16.5. The third-order valence-electron chi connectivity index (χ3n) is 4.50. The number of rotatable bonds is 3. The summed E-state index contributed by atoms with van der Waals surface area (Å²) in [7, 11) is -3.63. The summed E-state index contributed by atoms with van der Waals surface area (Å²) in [4.78, 5) is 15.4. The van der Waals surface area contributed by atoms with Crippen LogP contribution < -0.4 is 0 Å². The molecule has 0 amide bonds. The molecule has 1 aromatic carbocycles. The van der Waals surface area contributed by atoms with Crippen molar-refractivity contribution in [3.63, 3.8) is 0 Å². The number of carboxylic acids is 1. The predicted octanol–water partition coefficient (Wildman–Crippen LogP) is 2.74. The number of pyridine rings is 1. The third kappa shape index (κ3) is 2.33. The van der Waals surface area contributed by atoms with Crippen LogP contribution in [0.2, 0.25) is 0 Å². The van der Waals surface area contributed by atoms with Gasteiger partial charge in [0.2, 0.25) is 9.84 Å². The van der Waals surface area contributed by atoms with Crippen molar-refractivity contribution in [3.8, 4) is 0 Å². The molecule has 132 valence electrons. The van der Waals surface area contributed by atoms with Gasteiger partial charge in [-0.05, 0) is 31.2 Å². The van der Waals surface area contributed by atoms with Crippen molar-refractivity contribution in [3.05, 3.63) is 64.7 Å². The van der Waals surface area contributed by atoms with Crippen molar-refractivity contribution in [2.45, 2.75) is 18.4 Å². The largest absolute Gasteiger partial charge is 0.480 e. The van der Waals surface area contributed by atoms with Crippen molar-refractivity contribution >= 4 is 32.3 Å². The Morgan fingerprint density at radius 2 is 2.08 bits per heavy atom. The molecular formula is C18H13FN2O4S. The molecule has 0 atom stereocenters. The Kier molecular flexibility index (Phi) is 3.48. The van der Waals surface area contributed by atoms with E-state index in [1.807, 2.05) is 0 Å². The summed E-state index contributed by atoms with van der Waals surface area (Å²) in [6, 6.07) is 5.45. The smallest absolute Gasteiger partial charge is 0.323 e. The molecule has 0 saturated heterocycles. The molecular weight excluding hydrogens is 359 g/mol. The molecule has 0 bridgehead atoms. The van der Waals surface area contributed by atoms with Crippen molar-refractivity contribution in [2.24, 2.45) is 0 Å². The second-order valence-corrected chi connectivity index (χ2v) is 7.82. The zero-order valence-corrected chi connectivity index (χ0v) is 14.4. The van der Waals surface area contributed by atoms with Crippen LogP contribution in [-0.2, 0) is 21.2 Å². The third-order valence-corrected chi connectivity index (χ3v) is 6.01. The highest BCUT2D eigenvalue weighted by atomic mass is 32.2. The number of hydrogen-bond acceptors (Lipinski definition) is 4. The topological polar surface area (TPSA) is 89.3 Å². The van der Waals surface area contributed by atoms with Crippen molar-refractivity contribution < 1.29 is 22.7 Å². The van der Waals surface area contributed by atoms with Crippen LogP contribution in [0.15, 0.2) is 47.0 Å². The highest BCUT2D eigenvalue weighted by Gasteiger charge is 2.31. The average molecular weight is 372 g/mol. The molecule has 4 rings (SSSR count). The molecule has 0 spiro atoms. The van der Waals surface area contributed by atoms with Crippen LogP contribution >= 0.6 is 0 Å². The molecule has 0 radical (unpaired) electrons. The number of nitrogens with zero attached hydrogens (tertiary/aromatic N) is 2. The molecule has 0 unspecified atom stereocenters. The minimum atomic E-state index is -3.63. The Labute approximate surface area is 148 Å². The fourth-order valence-corrected chi connectivity index (χ4v) is 4.84. The van der Waals surface area contributed by atoms with Crippen LogP contribution in [0.25, 0.3) is 16.5 Å². The first-order valence-corrected chi connectivity index (χ1v) is 9.26. The first-order valence-electron chi connectivity index (χ1n) is 7.71. The second-order valence-electron chi connectivity index (χ2n) is 6.05. The van der Waals surface area contributed by atoms with E-state index in [4.69, 9.17) is 0 Å². The predicted molar refractivity (Wildman–Crippen MR) is 92.8 cm³/mol. The van der Waals surface area contributed by atoms with Crippen LogP contribution in [0, 0.1) is 12.7 Å². The fraction of sp³-hybridized carbons (Fsp3) is 0.111. The van der Waals surface area contributed by atoms with Gasteiger partial charge in [0.1, 0.15) is 12.4 Å². The molecule has 1 aliphatic rings. The number of hydrogen-bond donors (Lipinski definition) is 1. The van der Waals surface area contributed by atoms with Crippen LogP contribution in [0.3, 0.4) is 0 Å². The molecule has 2 aromatic heterocycles. The van der Waals surface area contributed by atoms with Crippen LogP contribution in [0.5, 0.6) is 0 Å². The van der Waals surface area contributed by atoms with Gasteiger partial charge in [0, 0.05) is 51.1 Å². The van der Waals surface area contributed by atoms with Crippen LogP contribution in [-0.4, -0.2) is 29.0 Å². The molecule has 6 nitrogen and oxygen atoms in total. The number of sulfone groups is 1. The van der Waals surface area contributed by atoms with E-state index in [0.717, 1.165) is 5.41 Å². The summed E-state index contributed by atoms with van der Waals surface area (Å²) in [6.45, 7) is 1.38. The van der Waals surface area contributed by atoms with E-state index in [1.165, 1.54) is 41.2 Å². The monoisotopic (exact) mass is 372 g/mol. The van der Waals surface area contributed by atoms with E-state index < -0.39 is 21.6 Å². The summed E-state index contributed by atoms with van der Waals surface area (Å²) in [5.41, 5.74) is 2.39. The van der Waals surface area contributed by atoms with Gasteiger partial charge in [-0.1, -0.05) is 0 Å². The summed E-state index contributed by atoms with van der Waals surface area (Å²) in [5, 5.41) is 10.8. The molecule has 3 aromatic rings. The number of carbonyl (C=O) groups is 1. The highest BCUT2D eigenvalue weighted by Crippen LogP contribution is 2.42. The summed E-state index contributed by atoms with van der Waals surface area (Å²) in [6.07, 6.45) is 2.85. The standard InChI is InChI=1S/C18H13FN2O4S/c1-10-18(14-9-26(24,25)16-4-5-20-7-13(14)16)12-6-11(19)2-3-15(12)21(10)8-17(22)23/h2-7,9H,8H2,1H3,(H,22,23). The number of fused-ring (bicyclic) bond motifs is 2. The molecule has 0 aliphatic carbocycles. The van der Waals surface area contributed by atoms with Gasteiger partial charge in [0.15, 0.2) is 0 Å². The number of carboxylic acid groups (broad SMARTS) is 1.